The Bertz CT molecular complexity index is 810. The van der Waals surface area contributed by atoms with Gasteiger partial charge in [0.2, 0.25) is 0 Å². The van der Waals surface area contributed by atoms with Gasteiger partial charge in [-0.25, -0.2) is 4.98 Å². The maximum absolute atomic E-state index is 6.38. The molecular weight excluding hydrogens is 280 g/mol. The van der Waals surface area contributed by atoms with E-state index < -0.39 is 0 Å². The molecule has 21 heavy (non-hydrogen) atoms. The predicted molar refractivity (Wildman–Crippen MR) is 87.3 cm³/mol. The fourth-order valence-electron chi connectivity index (χ4n) is 2.86. The van der Waals surface area contributed by atoms with E-state index in [1.165, 1.54) is 11.3 Å². The van der Waals surface area contributed by atoms with Crippen LogP contribution < -0.4 is 5.73 Å². The third kappa shape index (κ3) is 2.09. The first-order valence-electron chi connectivity index (χ1n) is 7.02. The monoisotopic (exact) mass is 296 g/mol. The molecule has 0 spiro atoms. The molecule has 0 fully saturated rings. The Morgan fingerprint density at radius 2 is 2.10 bits per heavy atom. The minimum atomic E-state index is 0.838. The summed E-state index contributed by atoms with van der Waals surface area (Å²) in [6.45, 7) is 2.03. The molecule has 0 saturated heterocycles. The van der Waals surface area contributed by atoms with Gasteiger partial charge in [-0.15, -0.1) is 11.3 Å². The molecule has 1 aliphatic heterocycles. The molecule has 0 unspecified atom stereocenters. The van der Waals surface area contributed by atoms with E-state index >= 15 is 0 Å². The molecule has 1 aliphatic rings. The van der Waals surface area contributed by atoms with Crippen molar-refractivity contribution in [2.75, 3.05) is 19.3 Å². The number of rotatable bonds is 1. The molecule has 0 aromatic carbocycles. The standard InChI is InChI=1S/C16H16N4S/c1-20-7-4-13-11(9-20)8-12-14(17)15(21-16(12)19-13)10-2-5-18-6-3-10/h2-3,5-6,8H,4,7,9,17H2,1H3. The summed E-state index contributed by atoms with van der Waals surface area (Å²) in [5.41, 5.74) is 10.9. The van der Waals surface area contributed by atoms with Gasteiger partial charge in [0, 0.05) is 43.0 Å². The van der Waals surface area contributed by atoms with Crippen molar-refractivity contribution in [1.82, 2.24) is 14.9 Å². The predicted octanol–water partition coefficient (Wildman–Crippen LogP) is 2.93. The molecular formula is C16H16N4S. The smallest absolute Gasteiger partial charge is 0.126 e. The van der Waals surface area contributed by atoms with Crippen LogP contribution >= 0.6 is 11.3 Å². The number of nitrogens with zero attached hydrogens (tertiary/aromatic N) is 3. The van der Waals surface area contributed by atoms with Crippen molar-refractivity contribution in [1.29, 1.82) is 0 Å². The third-order valence-corrected chi connectivity index (χ3v) is 5.17. The van der Waals surface area contributed by atoms with Crippen molar-refractivity contribution in [2.45, 2.75) is 13.0 Å². The highest BCUT2D eigenvalue weighted by molar-refractivity contribution is 7.22. The number of thiophene rings is 1. The van der Waals surface area contributed by atoms with E-state index in [1.54, 1.807) is 23.7 Å². The molecule has 0 atom stereocenters. The molecule has 4 heterocycles. The largest absolute Gasteiger partial charge is 0.397 e. The van der Waals surface area contributed by atoms with E-state index in [-0.39, 0.29) is 0 Å². The Balaban J connectivity index is 1.91. The Labute approximate surface area is 127 Å². The molecule has 0 aliphatic carbocycles. The number of likely N-dealkylation sites (N-methyl/N-ethyl adjacent to an activating group) is 1. The molecule has 0 radical (unpaired) electrons. The summed E-state index contributed by atoms with van der Waals surface area (Å²) in [4.78, 5) is 13.4. The lowest BCUT2D eigenvalue weighted by atomic mass is 10.0. The van der Waals surface area contributed by atoms with Crippen LogP contribution in [0.5, 0.6) is 0 Å². The summed E-state index contributed by atoms with van der Waals surface area (Å²) in [6, 6.07) is 6.22. The highest BCUT2D eigenvalue weighted by Crippen LogP contribution is 2.40. The van der Waals surface area contributed by atoms with E-state index in [9.17, 15) is 0 Å². The first-order valence-corrected chi connectivity index (χ1v) is 7.84. The highest BCUT2D eigenvalue weighted by atomic mass is 32.1. The van der Waals surface area contributed by atoms with Gasteiger partial charge in [0.05, 0.1) is 10.6 Å². The fraction of sp³-hybridized carbons (Fsp3) is 0.250. The van der Waals surface area contributed by atoms with Crippen LogP contribution in [0.1, 0.15) is 11.3 Å². The van der Waals surface area contributed by atoms with Crippen LogP contribution in [0.4, 0.5) is 5.69 Å². The van der Waals surface area contributed by atoms with Gasteiger partial charge in [-0.2, -0.15) is 0 Å². The molecule has 0 amide bonds. The van der Waals surface area contributed by atoms with Gasteiger partial charge < -0.3 is 10.6 Å². The zero-order valence-electron chi connectivity index (χ0n) is 11.8. The number of hydrogen-bond acceptors (Lipinski definition) is 5. The number of aromatic nitrogens is 2. The normalized spacial score (nSPS) is 15.3. The second-order valence-corrected chi connectivity index (χ2v) is 6.51. The van der Waals surface area contributed by atoms with Crippen LogP contribution in [0, 0.1) is 0 Å². The van der Waals surface area contributed by atoms with Gasteiger partial charge in [-0.05, 0) is 36.4 Å². The average molecular weight is 296 g/mol. The molecule has 4 nitrogen and oxygen atoms in total. The summed E-state index contributed by atoms with van der Waals surface area (Å²) in [7, 11) is 2.15. The van der Waals surface area contributed by atoms with Crippen LogP contribution in [0.15, 0.2) is 30.6 Å². The minimum absolute atomic E-state index is 0.838. The first-order chi connectivity index (χ1) is 10.2. The van der Waals surface area contributed by atoms with Gasteiger partial charge in [-0.3, -0.25) is 4.98 Å². The molecule has 2 N–H and O–H groups in total. The topological polar surface area (TPSA) is 55.0 Å². The Morgan fingerprint density at radius 1 is 1.29 bits per heavy atom. The number of fused-ring (bicyclic) bond motifs is 2. The minimum Gasteiger partial charge on any atom is -0.397 e. The number of anilines is 1. The van der Waals surface area contributed by atoms with Crippen molar-refractivity contribution in [3.8, 4) is 10.4 Å². The quantitative estimate of drug-likeness (QED) is 0.750. The van der Waals surface area contributed by atoms with Crippen molar-refractivity contribution < 1.29 is 0 Å². The summed E-state index contributed by atoms with van der Waals surface area (Å²) in [5, 5.41) is 1.08. The zero-order valence-corrected chi connectivity index (χ0v) is 12.7. The molecule has 3 aromatic heterocycles. The maximum Gasteiger partial charge on any atom is 0.126 e. The Morgan fingerprint density at radius 3 is 2.90 bits per heavy atom. The van der Waals surface area contributed by atoms with Gasteiger partial charge in [0.25, 0.3) is 0 Å². The van der Waals surface area contributed by atoms with E-state index in [2.05, 4.69) is 23.0 Å². The van der Waals surface area contributed by atoms with Crippen LogP contribution in [-0.4, -0.2) is 28.5 Å². The summed E-state index contributed by atoms with van der Waals surface area (Å²) >= 11 is 1.67. The van der Waals surface area contributed by atoms with Crippen LogP contribution in [0.2, 0.25) is 0 Å². The van der Waals surface area contributed by atoms with E-state index in [1.807, 2.05) is 12.1 Å². The van der Waals surface area contributed by atoms with E-state index in [0.717, 1.165) is 45.9 Å². The van der Waals surface area contributed by atoms with Crippen LogP contribution in [0.25, 0.3) is 20.7 Å². The fourth-order valence-corrected chi connectivity index (χ4v) is 3.96. The zero-order chi connectivity index (χ0) is 14.4. The molecule has 106 valence electrons. The lowest BCUT2D eigenvalue weighted by molar-refractivity contribution is 0.310. The molecule has 5 heteroatoms. The number of pyridine rings is 2. The molecule has 4 rings (SSSR count). The summed E-state index contributed by atoms with van der Waals surface area (Å²) < 4.78 is 0. The Hall–Kier alpha value is -1.98. The average Bonchev–Trinajstić information content (AvgIpc) is 2.83. The van der Waals surface area contributed by atoms with Crippen LogP contribution in [-0.2, 0) is 13.0 Å². The van der Waals surface area contributed by atoms with Gasteiger partial charge in [0.1, 0.15) is 4.83 Å². The lowest BCUT2D eigenvalue weighted by Gasteiger charge is -2.24. The van der Waals surface area contributed by atoms with Crippen LogP contribution in [0.3, 0.4) is 0 Å². The van der Waals surface area contributed by atoms with E-state index in [4.69, 9.17) is 10.7 Å². The number of nitrogens with two attached hydrogens (primary N) is 1. The van der Waals surface area contributed by atoms with Crippen molar-refractivity contribution >= 4 is 27.2 Å². The molecule has 0 saturated carbocycles. The Kier molecular flexibility index (Phi) is 2.90. The second-order valence-electron chi connectivity index (χ2n) is 5.52. The molecule has 3 aromatic rings. The summed E-state index contributed by atoms with van der Waals surface area (Å²) in [5.74, 6) is 0. The summed E-state index contributed by atoms with van der Waals surface area (Å²) in [6.07, 6.45) is 4.61. The van der Waals surface area contributed by atoms with Crippen molar-refractivity contribution in [2.24, 2.45) is 0 Å². The highest BCUT2D eigenvalue weighted by Gasteiger charge is 2.19. The van der Waals surface area contributed by atoms with E-state index in [0.29, 0.717) is 0 Å². The first kappa shape index (κ1) is 12.7. The SMILES string of the molecule is CN1CCc2nc3sc(-c4ccncc4)c(N)c3cc2C1. The van der Waals surface area contributed by atoms with Gasteiger partial charge in [0.15, 0.2) is 0 Å². The van der Waals surface area contributed by atoms with Gasteiger partial charge in [-0.1, -0.05) is 0 Å². The number of hydrogen-bond donors (Lipinski definition) is 1. The maximum atomic E-state index is 6.38. The second kappa shape index (κ2) is 4.79. The van der Waals surface area contributed by atoms with Gasteiger partial charge >= 0.3 is 0 Å². The number of nitrogen functional groups attached to an aromatic ring is 1. The van der Waals surface area contributed by atoms with Crippen molar-refractivity contribution in [3.63, 3.8) is 0 Å². The third-order valence-electron chi connectivity index (χ3n) is 4.00. The lowest BCUT2D eigenvalue weighted by Crippen LogP contribution is -2.27. The molecule has 0 bridgehead atoms. The van der Waals surface area contributed by atoms with Crippen molar-refractivity contribution in [3.05, 3.63) is 41.9 Å².